The van der Waals surface area contributed by atoms with Gasteiger partial charge in [0.15, 0.2) is 0 Å². The molecule has 0 radical (unpaired) electrons. The van der Waals surface area contributed by atoms with E-state index in [1.54, 1.807) is 7.11 Å². The fourth-order valence-corrected chi connectivity index (χ4v) is 2.32. The summed E-state index contributed by atoms with van der Waals surface area (Å²) in [6.45, 7) is 3.52. The lowest BCUT2D eigenvalue weighted by atomic mass is 10.1. The van der Waals surface area contributed by atoms with Crippen LogP contribution in [0.3, 0.4) is 0 Å². The van der Waals surface area contributed by atoms with E-state index in [0.717, 1.165) is 24.3 Å². The topological polar surface area (TPSA) is 41.5 Å². The van der Waals surface area contributed by atoms with Crippen LogP contribution in [0.1, 0.15) is 22.8 Å². The molecule has 3 heteroatoms. The number of aliphatic hydroxyl groups excluding tert-OH is 1. The van der Waals surface area contributed by atoms with E-state index < -0.39 is 6.10 Å². The molecule has 0 heterocycles. The zero-order valence-electron chi connectivity index (χ0n) is 12.7. The summed E-state index contributed by atoms with van der Waals surface area (Å²) in [4.78, 5) is 0. The first-order valence-corrected chi connectivity index (χ1v) is 7.28. The minimum atomic E-state index is -0.517. The van der Waals surface area contributed by atoms with Gasteiger partial charge in [-0.1, -0.05) is 36.4 Å². The van der Waals surface area contributed by atoms with E-state index in [4.69, 9.17) is 4.74 Å². The second-order valence-electron chi connectivity index (χ2n) is 5.17. The van der Waals surface area contributed by atoms with Gasteiger partial charge in [-0.05, 0) is 48.7 Å². The molecule has 0 saturated heterocycles. The molecule has 1 atom stereocenters. The van der Waals surface area contributed by atoms with E-state index in [1.165, 1.54) is 11.1 Å². The van der Waals surface area contributed by atoms with Crippen molar-refractivity contribution in [3.05, 3.63) is 65.2 Å². The van der Waals surface area contributed by atoms with E-state index in [-0.39, 0.29) is 0 Å². The fourth-order valence-electron chi connectivity index (χ4n) is 2.32. The molecule has 2 aromatic rings. The van der Waals surface area contributed by atoms with Gasteiger partial charge in [-0.25, -0.2) is 0 Å². The second-order valence-corrected chi connectivity index (χ2v) is 5.17. The summed E-state index contributed by atoms with van der Waals surface area (Å²) in [6.07, 6.45) is 0.453. The highest BCUT2D eigenvalue weighted by atomic mass is 16.5. The van der Waals surface area contributed by atoms with Crippen LogP contribution in [-0.2, 0) is 6.42 Å². The molecule has 112 valence electrons. The van der Waals surface area contributed by atoms with Crippen molar-refractivity contribution in [2.24, 2.45) is 0 Å². The van der Waals surface area contributed by atoms with E-state index in [0.29, 0.717) is 6.54 Å². The van der Waals surface area contributed by atoms with Crippen LogP contribution < -0.4 is 10.1 Å². The molecule has 1 unspecified atom stereocenters. The van der Waals surface area contributed by atoms with Gasteiger partial charge in [0.2, 0.25) is 0 Å². The van der Waals surface area contributed by atoms with E-state index in [2.05, 4.69) is 36.5 Å². The van der Waals surface area contributed by atoms with Gasteiger partial charge in [0.25, 0.3) is 0 Å². The first-order chi connectivity index (χ1) is 10.2. The number of nitrogens with one attached hydrogen (secondary N) is 1. The summed E-state index contributed by atoms with van der Waals surface area (Å²) in [5.74, 6) is 0.770. The molecule has 0 fully saturated rings. The summed E-state index contributed by atoms with van der Waals surface area (Å²) in [5, 5.41) is 13.5. The molecule has 3 nitrogen and oxygen atoms in total. The molecule has 21 heavy (non-hydrogen) atoms. The van der Waals surface area contributed by atoms with Crippen molar-refractivity contribution in [3.63, 3.8) is 0 Å². The molecule has 0 aromatic heterocycles. The minimum absolute atomic E-state index is 0.517. The van der Waals surface area contributed by atoms with Crippen molar-refractivity contribution >= 4 is 0 Å². The summed E-state index contributed by atoms with van der Waals surface area (Å²) < 4.78 is 5.17. The third kappa shape index (κ3) is 4.59. The van der Waals surface area contributed by atoms with Crippen LogP contribution >= 0.6 is 0 Å². The molecule has 2 aromatic carbocycles. The number of hydrogen-bond acceptors (Lipinski definition) is 3. The Kier molecular flexibility index (Phi) is 5.78. The summed E-state index contributed by atoms with van der Waals surface area (Å²) >= 11 is 0. The predicted molar refractivity (Wildman–Crippen MR) is 85.7 cm³/mol. The lowest BCUT2D eigenvalue weighted by molar-refractivity contribution is 0.174. The van der Waals surface area contributed by atoms with Gasteiger partial charge in [0, 0.05) is 6.54 Å². The Hall–Kier alpha value is -1.84. The molecule has 2 rings (SSSR count). The Labute approximate surface area is 126 Å². The van der Waals surface area contributed by atoms with Gasteiger partial charge < -0.3 is 15.2 Å². The maximum Gasteiger partial charge on any atom is 0.119 e. The van der Waals surface area contributed by atoms with Crippen molar-refractivity contribution in [3.8, 4) is 5.75 Å². The molecule has 0 bridgehead atoms. The Bertz CT molecular complexity index is 569. The van der Waals surface area contributed by atoms with Gasteiger partial charge in [0.05, 0.1) is 13.2 Å². The molecule has 0 spiro atoms. The predicted octanol–water partition coefficient (Wildman–Crippen LogP) is 2.87. The lowest BCUT2D eigenvalue weighted by Gasteiger charge is -2.13. The first-order valence-electron chi connectivity index (χ1n) is 7.28. The van der Waals surface area contributed by atoms with Gasteiger partial charge >= 0.3 is 0 Å². The second kappa shape index (κ2) is 7.81. The van der Waals surface area contributed by atoms with Crippen LogP contribution in [-0.4, -0.2) is 25.3 Å². The van der Waals surface area contributed by atoms with E-state index in [9.17, 15) is 5.11 Å². The lowest BCUT2D eigenvalue weighted by Crippen LogP contribution is -2.24. The van der Waals surface area contributed by atoms with Crippen LogP contribution in [0.15, 0.2) is 48.5 Å². The standard InChI is InChI=1S/C18H23NO2/c1-14-6-3-4-7-15(14)10-11-19-13-18(20)16-8-5-9-17(12-16)21-2/h3-9,12,18-20H,10-11,13H2,1-2H3. The molecule has 0 aliphatic heterocycles. The first kappa shape index (κ1) is 15.5. The SMILES string of the molecule is COc1cccc(C(O)CNCCc2ccccc2C)c1. The fraction of sp³-hybridized carbons (Fsp3) is 0.333. The van der Waals surface area contributed by atoms with Crippen LogP contribution in [0, 0.1) is 6.92 Å². The number of rotatable bonds is 7. The minimum Gasteiger partial charge on any atom is -0.497 e. The Morgan fingerprint density at radius 3 is 2.71 bits per heavy atom. The zero-order valence-corrected chi connectivity index (χ0v) is 12.7. The van der Waals surface area contributed by atoms with Crippen molar-refractivity contribution in [2.75, 3.05) is 20.2 Å². The number of ether oxygens (including phenoxy) is 1. The van der Waals surface area contributed by atoms with Crippen molar-refractivity contribution < 1.29 is 9.84 Å². The van der Waals surface area contributed by atoms with Gasteiger partial charge in [-0.15, -0.1) is 0 Å². The van der Waals surface area contributed by atoms with Crippen LogP contribution in [0.2, 0.25) is 0 Å². The van der Waals surface area contributed by atoms with Gasteiger partial charge in [0.1, 0.15) is 5.75 Å². The van der Waals surface area contributed by atoms with Crippen LogP contribution in [0.4, 0.5) is 0 Å². The maximum absolute atomic E-state index is 10.2. The van der Waals surface area contributed by atoms with Crippen molar-refractivity contribution in [1.29, 1.82) is 0 Å². The average Bonchev–Trinajstić information content (AvgIpc) is 2.53. The maximum atomic E-state index is 10.2. The molecule has 2 N–H and O–H groups in total. The molecule has 0 saturated carbocycles. The number of aliphatic hydroxyl groups is 1. The van der Waals surface area contributed by atoms with Crippen molar-refractivity contribution in [1.82, 2.24) is 5.32 Å². The number of methoxy groups -OCH3 is 1. The Balaban J connectivity index is 1.79. The summed E-state index contributed by atoms with van der Waals surface area (Å²) in [7, 11) is 1.63. The number of hydrogen-bond donors (Lipinski definition) is 2. The van der Waals surface area contributed by atoms with E-state index >= 15 is 0 Å². The Morgan fingerprint density at radius 2 is 1.95 bits per heavy atom. The normalized spacial score (nSPS) is 12.1. The summed E-state index contributed by atoms with van der Waals surface area (Å²) in [6, 6.07) is 15.9. The molecular weight excluding hydrogens is 262 g/mol. The highest BCUT2D eigenvalue weighted by molar-refractivity contribution is 5.30. The van der Waals surface area contributed by atoms with Crippen LogP contribution in [0.25, 0.3) is 0 Å². The summed E-state index contributed by atoms with van der Waals surface area (Å²) in [5.41, 5.74) is 3.53. The molecule has 0 amide bonds. The number of aryl methyl sites for hydroxylation is 1. The third-order valence-electron chi connectivity index (χ3n) is 3.65. The molecule has 0 aliphatic rings. The van der Waals surface area contributed by atoms with Crippen LogP contribution in [0.5, 0.6) is 5.75 Å². The largest absolute Gasteiger partial charge is 0.497 e. The third-order valence-corrected chi connectivity index (χ3v) is 3.65. The zero-order chi connectivity index (χ0) is 15.1. The Morgan fingerprint density at radius 1 is 1.14 bits per heavy atom. The average molecular weight is 285 g/mol. The molecule has 0 aliphatic carbocycles. The van der Waals surface area contributed by atoms with Gasteiger partial charge in [-0.2, -0.15) is 0 Å². The molecular formula is C18H23NO2. The van der Waals surface area contributed by atoms with Crippen molar-refractivity contribution in [2.45, 2.75) is 19.4 Å². The quantitative estimate of drug-likeness (QED) is 0.769. The smallest absolute Gasteiger partial charge is 0.119 e. The highest BCUT2D eigenvalue weighted by Crippen LogP contribution is 2.18. The van der Waals surface area contributed by atoms with Gasteiger partial charge in [-0.3, -0.25) is 0 Å². The monoisotopic (exact) mass is 285 g/mol. The highest BCUT2D eigenvalue weighted by Gasteiger charge is 2.07. The number of benzene rings is 2. The van der Waals surface area contributed by atoms with E-state index in [1.807, 2.05) is 24.3 Å².